The van der Waals surface area contributed by atoms with Crippen LogP contribution in [0.25, 0.3) is 10.9 Å². The van der Waals surface area contributed by atoms with Gasteiger partial charge in [-0.1, -0.05) is 37.6 Å². The van der Waals surface area contributed by atoms with E-state index < -0.39 is 0 Å². The van der Waals surface area contributed by atoms with Crippen molar-refractivity contribution in [3.05, 3.63) is 65.2 Å². The number of rotatable bonds is 9. The van der Waals surface area contributed by atoms with Crippen LogP contribution in [0.2, 0.25) is 0 Å². The third-order valence-corrected chi connectivity index (χ3v) is 5.13. The molecular weight excluding hydrogens is 372 g/mol. The van der Waals surface area contributed by atoms with Crippen molar-refractivity contribution >= 4 is 28.3 Å². The summed E-state index contributed by atoms with van der Waals surface area (Å²) in [6.07, 6.45) is 2.35. The van der Waals surface area contributed by atoms with Gasteiger partial charge in [-0.05, 0) is 69.3 Å². The smallest absolute Gasteiger partial charge is 0.252 e. The van der Waals surface area contributed by atoms with E-state index in [9.17, 15) is 4.79 Å². The number of nitrogens with zero attached hydrogens (tertiary/aromatic N) is 2. The zero-order valence-electron chi connectivity index (χ0n) is 18.5. The molecule has 2 N–H and O–H groups in total. The first-order valence-electron chi connectivity index (χ1n) is 10.7. The molecule has 0 saturated heterocycles. The van der Waals surface area contributed by atoms with Crippen molar-refractivity contribution < 1.29 is 4.79 Å². The summed E-state index contributed by atoms with van der Waals surface area (Å²) in [6.45, 7) is 8.84. The van der Waals surface area contributed by atoms with E-state index in [1.807, 2.05) is 30.3 Å². The number of unbranched alkanes of at least 4 members (excludes halogenated alkanes) is 1. The molecule has 3 aromatic rings. The first kappa shape index (κ1) is 21.8. The summed E-state index contributed by atoms with van der Waals surface area (Å²) in [7, 11) is 2.09. The summed E-state index contributed by atoms with van der Waals surface area (Å²) < 4.78 is 0. The van der Waals surface area contributed by atoms with Crippen LogP contribution in [0.3, 0.4) is 0 Å². The summed E-state index contributed by atoms with van der Waals surface area (Å²) in [5.74, 6) is 0.602. The van der Waals surface area contributed by atoms with E-state index >= 15 is 0 Å². The predicted octanol–water partition coefficient (Wildman–Crippen LogP) is 5.06. The Bertz CT molecular complexity index is 995. The highest BCUT2D eigenvalue weighted by atomic mass is 16.1. The van der Waals surface area contributed by atoms with E-state index in [1.54, 1.807) is 0 Å². The molecule has 30 heavy (non-hydrogen) atoms. The number of aryl methyl sites for hydroxylation is 2. The Labute approximate surface area is 179 Å². The van der Waals surface area contributed by atoms with Crippen LogP contribution in [-0.4, -0.2) is 42.5 Å². The molecule has 0 aliphatic carbocycles. The highest BCUT2D eigenvalue weighted by Crippen LogP contribution is 2.24. The Kier molecular flexibility index (Phi) is 7.41. The molecule has 0 bridgehead atoms. The first-order valence-corrected chi connectivity index (χ1v) is 10.7. The van der Waals surface area contributed by atoms with Gasteiger partial charge in [0.05, 0.1) is 11.1 Å². The van der Waals surface area contributed by atoms with Crippen LogP contribution in [0.5, 0.6) is 0 Å². The third-order valence-electron chi connectivity index (χ3n) is 5.13. The molecule has 5 heteroatoms. The number of hydrogen-bond donors (Lipinski definition) is 2. The zero-order valence-corrected chi connectivity index (χ0v) is 18.5. The van der Waals surface area contributed by atoms with Gasteiger partial charge in [-0.3, -0.25) is 4.79 Å². The quantitative estimate of drug-likeness (QED) is 0.524. The van der Waals surface area contributed by atoms with Crippen LogP contribution in [0.15, 0.2) is 48.5 Å². The highest BCUT2D eigenvalue weighted by molar-refractivity contribution is 6.07. The van der Waals surface area contributed by atoms with Crippen LogP contribution >= 0.6 is 0 Å². The van der Waals surface area contributed by atoms with Crippen LogP contribution in [0.4, 0.5) is 11.5 Å². The number of fused-ring (bicyclic) bond motifs is 1. The van der Waals surface area contributed by atoms with Gasteiger partial charge in [0.2, 0.25) is 0 Å². The SMILES string of the molecule is CCCCN(C)CCNC(=O)c1cc(Nc2cc(C)cc(C)c2)nc2ccccc12. The number of pyridine rings is 1. The van der Waals surface area contributed by atoms with E-state index in [0.29, 0.717) is 17.9 Å². The molecule has 0 saturated carbocycles. The maximum atomic E-state index is 13.0. The molecule has 158 valence electrons. The van der Waals surface area contributed by atoms with Gasteiger partial charge < -0.3 is 15.5 Å². The van der Waals surface area contributed by atoms with Gasteiger partial charge in [-0.15, -0.1) is 0 Å². The van der Waals surface area contributed by atoms with E-state index in [0.717, 1.165) is 29.7 Å². The highest BCUT2D eigenvalue weighted by Gasteiger charge is 2.13. The fourth-order valence-corrected chi connectivity index (χ4v) is 3.62. The molecule has 3 rings (SSSR count). The number of hydrogen-bond acceptors (Lipinski definition) is 4. The molecule has 2 aromatic carbocycles. The fraction of sp³-hybridized carbons (Fsp3) is 0.360. The zero-order chi connectivity index (χ0) is 21.5. The standard InChI is InChI=1S/C25H32N4O/c1-5-6-12-29(4)13-11-26-25(30)22-17-24(28-23-10-8-7-9-21(22)23)27-20-15-18(2)14-19(3)16-20/h7-10,14-17H,5-6,11-13H2,1-4H3,(H,26,30)(H,27,28). The van der Waals surface area contributed by atoms with Crippen molar-refractivity contribution in [2.24, 2.45) is 0 Å². The van der Waals surface area contributed by atoms with Crippen molar-refractivity contribution in [2.75, 3.05) is 32.0 Å². The van der Waals surface area contributed by atoms with Gasteiger partial charge >= 0.3 is 0 Å². The fourth-order valence-electron chi connectivity index (χ4n) is 3.62. The van der Waals surface area contributed by atoms with Crippen LogP contribution in [-0.2, 0) is 0 Å². The second-order valence-corrected chi connectivity index (χ2v) is 7.99. The number of aromatic nitrogens is 1. The Morgan fingerprint density at radius 1 is 1.03 bits per heavy atom. The third kappa shape index (κ3) is 5.80. The number of para-hydroxylation sites is 1. The Balaban J connectivity index is 1.80. The number of carbonyl (C=O) groups is 1. The Morgan fingerprint density at radius 3 is 2.50 bits per heavy atom. The second kappa shape index (κ2) is 10.2. The number of nitrogens with one attached hydrogen (secondary N) is 2. The lowest BCUT2D eigenvalue weighted by Crippen LogP contribution is -2.33. The van der Waals surface area contributed by atoms with Crippen molar-refractivity contribution in [1.29, 1.82) is 0 Å². The molecule has 0 radical (unpaired) electrons. The van der Waals surface area contributed by atoms with Gasteiger partial charge in [0, 0.05) is 24.2 Å². The molecule has 0 spiro atoms. The molecule has 0 unspecified atom stereocenters. The van der Waals surface area contributed by atoms with Crippen LogP contribution in [0.1, 0.15) is 41.3 Å². The lowest BCUT2D eigenvalue weighted by Gasteiger charge is -2.17. The lowest BCUT2D eigenvalue weighted by atomic mass is 10.1. The summed E-state index contributed by atoms with van der Waals surface area (Å²) in [6, 6.07) is 15.9. The Morgan fingerprint density at radius 2 is 1.77 bits per heavy atom. The predicted molar refractivity (Wildman–Crippen MR) is 126 cm³/mol. The molecule has 0 atom stereocenters. The summed E-state index contributed by atoms with van der Waals surface area (Å²) in [5, 5.41) is 7.30. The van der Waals surface area contributed by atoms with Crippen molar-refractivity contribution in [3.8, 4) is 0 Å². The molecule has 1 aromatic heterocycles. The number of amides is 1. The van der Waals surface area contributed by atoms with E-state index in [4.69, 9.17) is 4.98 Å². The maximum absolute atomic E-state index is 13.0. The minimum absolute atomic E-state index is 0.0686. The Hall–Kier alpha value is -2.92. The summed E-state index contributed by atoms with van der Waals surface area (Å²) >= 11 is 0. The summed E-state index contributed by atoms with van der Waals surface area (Å²) in [4.78, 5) is 19.9. The molecule has 0 aliphatic rings. The number of carbonyl (C=O) groups excluding carboxylic acids is 1. The van der Waals surface area contributed by atoms with Gasteiger partial charge in [-0.2, -0.15) is 0 Å². The van der Waals surface area contributed by atoms with Gasteiger partial charge in [-0.25, -0.2) is 4.98 Å². The van der Waals surface area contributed by atoms with E-state index in [2.05, 4.69) is 61.6 Å². The number of likely N-dealkylation sites (N-methyl/N-ethyl adjacent to an activating group) is 1. The van der Waals surface area contributed by atoms with Gasteiger partial charge in [0.1, 0.15) is 5.82 Å². The molecule has 1 amide bonds. The summed E-state index contributed by atoms with van der Waals surface area (Å²) in [5.41, 5.74) is 4.78. The topological polar surface area (TPSA) is 57.3 Å². The normalized spacial score (nSPS) is 11.1. The molecule has 5 nitrogen and oxygen atoms in total. The largest absolute Gasteiger partial charge is 0.351 e. The lowest BCUT2D eigenvalue weighted by molar-refractivity contribution is 0.0951. The van der Waals surface area contributed by atoms with Gasteiger partial charge in [0.25, 0.3) is 5.91 Å². The van der Waals surface area contributed by atoms with Crippen LogP contribution in [0, 0.1) is 13.8 Å². The number of anilines is 2. The second-order valence-electron chi connectivity index (χ2n) is 7.99. The van der Waals surface area contributed by atoms with Crippen molar-refractivity contribution in [3.63, 3.8) is 0 Å². The van der Waals surface area contributed by atoms with E-state index in [-0.39, 0.29) is 5.91 Å². The van der Waals surface area contributed by atoms with Crippen molar-refractivity contribution in [2.45, 2.75) is 33.6 Å². The molecule has 1 heterocycles. The van der Waals surface area contributed by atoms with Crippen molar-refractivity contribution in [1.82, 2.24) is 15.2 Å². The minimum Gasteiger partial charge on any atom is -0.351 e. The monoisotopic (exact) mass is 404 g/mol. The average molecular weight is 405 g/mol. The first-order chi connectivity index (χ1) is 14.5. The minimum atomic E-state index is -0.0686. The molecule has 0 aliphatic heterocycles. The van der Waals surface area contributed by atoms with Crippen LogP contribution < -0.4 is 10.6 Å². The maximum Gasteiger partial charge on any atom is 0.252 e. The number of benzene rings is 2. The molecular formula is C25H32N4O. The molecule has 0 fully saturated rings. The van der Waals surface area contributed by atoms with E-state index in [1.165, 1.54) is 24.0 Å². The average Bonchev–Trinajstić information content (AvgIpc) is 2.70. The van der Waals surface area contributed by atoms with Gasteiger partial charge in [0.15, 0.2) is 0 Å².